The van der Waals surface area contributed by atoms with Crippen LogP contribution in [0, 0.1) is 12.8 Å². The lowest BCUT2D eigenvalue weighted by Crippen LogP contribution is -2.22. The molecule has 0 saturated carbocycles. The molecule has 1 aliphatic heterocycles. The van der Waals surface area contributed by atoms with E-state index in [1.54, 1.807) is 0 Å². The van der Waals surface area contributed by atoms with Gasteiger partial charge in [0.15, 0.2) is 0 Å². The monoisotopic (exact) mass is 365 g/mol. The van der Waals surface area contributed by atoms with Crippen molar-refractivity contribution in [3.63, 3.8) is 0 Å². The third kappa shape index (κ3) is 3.95. The summed E-state index contributed by atoms with van der Waals surface area (Å²) in [6.45, 7) is 4.71. The molecule has 1 aliphatic rings. The van der Waals surface area contributed by atoms with Crippen LogP contribution >= 0.6 is 0 Å². The summed E-state index contributed by atoms with van der Waals surface area (Å²) in [6.07, 6.45) is 4.71. The van der Waals surface area contributed by atoms with E-state index in [1.165, 1.54) is 0 Å². The van der Waals surface area contributed by atoms with Gasteiger partial charge in [0.05, 0.1) is 11.6 Å². The first-order chi connectivity index (χ1) is 13.1. The predicted octanol–water partition coefficient (Wildman–Crippen LogP) is 3.13. The van der Waals surface area contributed by atoms with E-state index in [9.17, 15) is 4.79 Å². The first-order valence-corrected chi connectivity index (χ1v) is 9.18. The molecule has 1 saturated heterocycles. The lowest BCUT2D eigenvalue weighted by Gasteiger charge is -2.15. The highest BCUT2D eigenvalue weighted by atomic mass is 16.5. The lowest BCUT2D eigenvalue weighted by molar-refractivity contribution is -0.141. The smallest absolute Gasteiger partial charge is 0.307 e. The summed E-state index contributed by atoms with van der Waals surface area (Å²) in [6, 6.07) is 12.0. The van der Waals surface area contributed by atoms with E-state index >= 15 is 0 Å². The summed E-state index contributed by atoms with van der Waals surface area (Å²) in [4.78, 5) is 17.9. The maximum Gasteiger partial charge on any atom is 0.307 e. The number of likely N-dealkylation sites (tertiary alicyclic amines) is 1. The number of nitrogens with zero attached hydrogens (tertiary/aromatic N) is 3. The standard InChI is InChI=1S/C21H23N3O3/c1-15-3-2-9-24-13-18(22-20(15)24)14-27-19-6-4-16(5-7-19)11-23-10-8-17(12-23)21(25)26/h2-7,9,13,17H,8,10-12,14H2,1H3,(H,25,26). The normalized spacial score (nSPS) is 17.4. The maximum absolute atomic E-state index is 11.1. The summed E-state index contributed by atoms with van der Waals surface area (Å²) in [5.74, 6) is -0.123. The highest BCUT2D eigenvalue weighted by Gasteiger charge is 2.27. The Morgan fingerprint density at radius 3 is 2.81 bits per heavy atom. The Labute approximate surface area is 158 Å². The molecule has 4 rings (SSSR count). The Morgan fingerprint density at radius 1 is 1.30 bits per heavy atom. The van der Waals surface area contributed by atoms with Gasteiger partial charge >= 0.3 is 5.97 Å². The second kappa shape index (κ2) is 7.40. The number of aryl methyl sites for hydroxylation is 1. The molecule has 2 aromatic heterocycles. The van der Waals surface area contributed by atoms with Crippen LogP contribution in [-0.2, 0) is 17.9 Å². The van der Waals surface area contributed by atoms with Crippen LogP contribution in [0.25, 0.3) is 5.65 Å². The van der Waals surface area contributed by atoms with Crippen LogP contribution in [0.4, 0.5) is 0 Å². The molecule has 1 atom stereocenters. The third-order valence-corrected chi connectivity index (χ3v) is 5.07. The van der Waals surface area contributed by atoms with E-state index in [0.717, 1.165) is 47.7 Å². The van der Waals surface area contributed by atoms with Gasteiger partial charge in [-0.25, -0.2) is 4.98 Å². The minimum absolute atomic E-state index is 0.235. The molecule has 0 spiro atoms. The number of rotatable bonds is 6. The van der Waals surface area contributed by atoms with Crippen LogP contribution in [-0.4, -0.2) is 38.4 Å². The number of ether oxygens (including phenoxy) is 1. The van der Waals surface area contributed by atoms with Gasteiger partial charge in [0.25, 0.3) is 0 Å². The van der Waals surface area contributed by atoms with Crippen LogP contribution in [0.3, 0.4) is 0 Å². The summed E-state index contributed by atoms with van der Waals surface area (Å²) in [5.41, 5.74) is 4.15. The van der Waals surface area contributed by atoms with Crippen LogP contribution in [0.5, 0.6) is 5.75 Å². The van der Waals surface area contributed by atoms with E-state index in [4.69, 9.17) is 9.84 Å². The highest BCUT2D eigenvalue weighted by Crippen LogP contribution is 2.21. The number of benzene rings is 1. The number of imidazole rings is 1. The molecule has 140 valence electrons. The Kier molecular flexibility index (Phi) is 4.81. The molecule has 0 amide bonds. The van der Waals surface area contributed by atoms with Gasteiger partial charge in [-0.2, -0.15) is 0 Å². The molecule has 27 heavy (non-hydrogen) atoms. The van der Waals surface area contributed by atoms with Crippen molar-refractivity contribution in [1.29, 1.82) is 0 Å². The molecule has 6 nitrogen and oxygen atoms in total. The molecule has 0 radical (unpaired) electrons. The van der Waals surface area contributed by atoms with Crippen molar-refractivity contribution in [2.24, 2.45) is 5.92 Å². The third-order valence-electron chi connectivity index (χ3n) is 5.07. The average Bonchev–Trinajstić information content (AvgIpc) is 3.29. The van der Waals surface area contributed by atoms with Crippen molar-refractivity contribution in [2.45, 2.75) is 26.5 Å². The SMILES string of the molecule is Cc1cccn2cc(COc3ccc(CN4CCC(C(=O)O)C4)cc3)nc12. The van der Waals surface area contributed by atoms with E-state index < -0.39 is 5.97 Å². The Morgan fingerprint density at radius 2 is 2.11 bits per heavy atom. The van der Waals surface area contributed by atoms with E-state index in [-0.39, 0.29) is 5.92 Å². The van der Waals surface area contributed by atoms with Crippen LogP contribution < -0.4 is 4.74 Å². The first kappa shape index (κ1) is 17.5. The second-order valence-corrected chi connectivity index (χ2v) is 7.15. The molecule has 1 aromatic carbocycles. The molecule has 6 heteroatoms. The van der Waals surface area contributed by atoms with E-state index in [0.29, 0.717) is 13.2 Å². The van der Waals surface area contributed by atoms with Gasteiger partial charge in [-0.3, -0.25) is 9.69 Å². The number of hydrogen-bond donors (Lipinski definition) is 1. The van der Waals surface area contributed by atoms with Gasteiger partial charge in [0, 0.05) is 25.5 Å². The molecule has 3 aromatic rings. The van der Waals surface area contributed by atoms with Gasteiger partial charge < -0.3 is 14.2 Å². The molecule has 1 fully saturated rings. The quantitative estimate of drug-likeness (QED) is 0.727. The fourth-order valence-electron chi connectivity index (χ4n) is 3.56. The first-order valence-electron chi connectivity index (χ1n) is 9.18. The van der Waals surface area contributed by atoms with Gasteiger partial charge in [-0.1, -0.05) is 18.2 Å². The fourth-order valence-corrected chi connectivity index (χ4v) is 3.56. The Bertz CT molecular complexity index is 949. The van der Waals surface area contributed by atoms with Crippen molar-refractivity contribution >= 4 is 11.6 Å². The fraction of sp³-hybridized carbons (Fsp3) is 0.333. The van der Waals surface area contributed by atoms with Gasteiger partial charge in [-0.15, -0.1) is 0 Å². The van der Waals surface area contributed by atoms with Crippen molar-refractivity contribution in [1.82, 2.24) is 14.3 Å². The Balaban J connectivity index is 1.34. The zero-order chi connectivity index (χ0) is 18.8. The van der Waals surface area contributed by atoms with E-state index in [2.05, 4.69) is 9.88 Å². The number of hydrogen-bond acceptors (Lipinski definition) is 4. The number of carboxylic acid groups (broad SMARTS) is 1. The van der Waals surface area contributed by atoms with Crippen molar-refractivity contribution in [3.8, 4) is 5.75 Å². The highest BCUT2D eigenvalue weighted by molar-refractivity contribution is 5.70. The predicted molar refractivity (Wildman–Crippen MR) is 102 cm³/mol. The van der Waals surface area contributed by atoms with Gasteiger partial charge in [-0.05, 0) is 49.2 Å². The number of carboxylic acids is 1. The van der Waals surface area contributed by atoms with Crippen molar-refractivity contribution in [2.75, 3.05) is 13.1 Å². The second-order valence-electron chi connectivity index (χ2n) is 7.15. The number of carbonyl (C=O) groups is 1. The maximum atomic E-state index is 11.1. The lowest BCUT2D eigenvalue weighted by atomic mass is 10.1. The number of fused-ring (bicyclic) bond motifs is 1. The average molecular weight is 365 g/mol. The van der Waals surface area contributed by atoms with Crippen LogP contribution in [0.15, 0.2) is 48.8 Å². The zero-order valence-electron chi connectivity index (χ0n) is 15.3. The number of pyridine rings is 1. The molecular formula is C21H23N3O3. The largest absolute Gasteiger partial charge is 0.487 e. The Hall–Kier alpha value is -2.86. The minimum atomic E-state index is -0.691. The topological polar surface area (TPSA) is 67.1 Å². The zero-order valence-corrected chi connectivity index (χ0v) is 15.3. The van der Waals surface area contributed by atoms with Crippen LogP contribution in [0.2, 0.25) is 0 Å². The summed E-state index contributed by atoms with van der Waals surface area (Å²) in [5, 5.41) is 9.10. The van der Waals surface area contributed by atoms with Crippen LogP contribution in [0.1, 0.15) is 23.2 Å². The molecule has 0 bridgehead atoms. The molecule has 1 unspecified atom stereocenters. The minimum Gasteiger partial charge on any atom is -0.487 e. The summed E-state index contributed by atoms with van der Waals surface area (Å²) >= 11 is 0. The van der Waals surface area contributed by atoms with Crippen molar-refractivity contribution in [3.05, 3.63) is 65.6 Å². The molecule has 1 N–H and O–H groups in total. The summed E-state index contributed by atoms with van der Waals surface area (Å²) < 4.78 is 7.88. The van der Waals surface area contributed by atoms with E-state index in [1.807, 2.05) is 60.1 Å². The van der Waals surface area contributed by atoms with Gasteiger partial charge in [0.2, 0.25) is 0 Å². The number of aliphatic carboxylic acids is 1. The molecular weight excluding hydrogens is 342 g/mol. The number of aromatic nitrogens is 2. The molecule has 3 heterocycles. The van der Waals surface area contributed by atoms with Crippen molar-refractivity contribution < 1.29 is 14.6 Å². The van der Waals surface area contributed by atoms with Gasteiger partial charge in [0.1, 0.15) is 18.0 Å². The summed E-state index contributed by atoms with van der Waals surface area (Å²) in [7, 11) is 0. The molecule has 0 aliphatic carbocycles.